The van der Waals surface area contributed by atoms with Gasteiger partial charge in [-0.15, -0.1) is 0 Å². The van der Waals surface area contributed by atoms with E-state index in [1.54, 1.807) is 0 Å². The minimum Gasteiger partial charge on any atom is -0.282 e. The van der Waals surface area contributed by atoms with Gasteiger partial charge in [-0.2, -0.15) is 0 Å². The lowest BCUT2D eigenvalue weighted by Crippen LogP contribution is -2.33. The molecule has 4 aliphatic rings. The summed E-state index contributed by atoms with van der Waals surface area (Å²) in [6.45, 7) is 0.892. The highest BCUT2D eigenvalue weighted by Crippen LogP contribution is 2.36. The predicted octanol–water partition coefficient (Wildman–Crippen LogP) is 2.06. The van der Waals surface area contributed by atoms with Gasteiger partial charge in [0.25, 0.3) is 0 Å². The lowest BCUT2D eigenvalue weighted by Gasteiger charge is -2.16. The Labute approximate surface area is 159 Å². The number of rotatable bonds is 6. The Kier molecular flexibility index (Phi) is 4.98. The Morgan fingerprint density at radius 2 is 0.852 bits per heavy atom. The van der Waals surface area contributed by atoms with E-state index >= 15 is 0 Å². The fourth-order valence-electron chi connectivity index (χ4n) is 4.90. The van der Waals surface area contributed by atoms with E-state index in [-0.39, 0.29) is 47.3 Å². The van der Waals surface area contributed by atoms with Crippen molar-refractivity contribution >= 4 is 23.6 Å². The monoisotopic (exact) mass is 370 g/mol. The molecule has 4 unspecified atom stereocenters. The summed E-state index contributed by atoms with van der Waals surface area (Å²) in [4.78, 5) is 52.5. The lowest BCUT2D eigenvalue weighted by atomic mass is 9.85. The number of amides is 4. The molecular formula is C21H26N2O4. The molecule has 2 aliphatic carbocycles. The zero-order valence-electron chi connectivity index (χ0n) is 15.5. The van der Waals surface area contributed by atoms with Gasteiger partial charge in [0.05, 0.1) is 23.7 Å². The minimum atomic E-state index is -0.167. The third-order valence-electron chi connectivity index (χ3n) is 6.46. The van der Waals surface area contributed by atoms with E-state index in [0.717, 1.165) is 19.3 Å². The third-order valence-corrected chi connectivity index (χ3v) is 6.46. The number of likely N-dealkylation sites (tertiary alicyclic amines) is 2. The SMILES string of the molecule is O=C1C2CC=CCC2C(=O)N1CCCCCN1C(=O)C2CC=CCC2C1=O. The van der Waals surface area contributed by atoms with Crippen LogP contribution in [0, 0.1) is 23.7 Å². The van der Waals surface area contributed by atoms with Gasteiger partial charge in [-0.25, -0.2) is 0 Å². The minimum absolute atomic E-state index is 0.0316. The van der Waals surface area contributed by atoms with Crippen LogP contribution in [0.4, 0.5) is 0 Å². The standard InChI is InChI=1S/C21H26N2O4/c24-18-14-8-2-3-9-15(14)19(25)22(18)12-6-1-7-13-23-20(26)16-10-4-5-11-17(16)21(23)27/h2-5,14-17H,1,6-13H2. The third kappa shape index (κ3) is 3.15. The predicted molar refractivity (Wildman–Crippen MR) is 98.0 cm³/mol. The Bertz CT molecular complexity index is 614. The first-order chi connectivity index (χ1) is 13.1. The van der Waals surface area contributed by atoms with E-state index in [4.69, 9.17) is 0 Å². The van der Waals surface area contributed by atoms with Crippen molar-refractivity contribution in [1.82, 2.24) is 9.80 Å². The number of carbonyl (C=O) groups is 4. The van der Waals surface area contributed by atoms with Crippen molar-refractivity contribution in [1.29, 1.82) is 0 Å². The van der Waals surface area contributed by atoms with Crippen molar-refractivity contribution in [3.05, 3.63) is 24.3 Å². The molecule has 0 N–H and O–H groups in total. The molecular weight excluding hydrogens is 344 g/mol. The average molecular weight is 370 g/mol. The van der Waals surface area contributed by atoms with Gasteiger partial charge < -0.3 is 0 Å². The number of imide groups is 2. The van der Waals surface area contributed by atoms with Crippen molar-refractivity contribution in [3.63, 3.8) is 0 Å². The van der Waals surface area contributed by atoms with Crippen molar-refractivity contribution in [2.24, 2.45) is 23.7 Å². The number of nitrogens with zero attached hydrogens (tertiary/aromatic N) is 2. The summed E-state index contributed by atoms with van der Waals surface area (Å²) in [6.07, 6.45) is 12.9. The fourth-order valence-corrected chi connectivity index (χ4v) is 4.90. The molecule has 27 heavy (non-hydrogen) atoms. The maximum Gasteiger partial charge on any atom is 0.233 e. The summed E-state index contributed by atoms with van der Waals surface area (Å²) in [7, 11) is 0. The van der Waals surface area contributed by atoms with Gasteiger partial charge in [-0.05, 0) is 44.9 Å². The lowest BCUT2D eigenvalue weighted by molar-refractivity contribution is -0.141. The molecule has 0 aromatic heterocycles. The molecule has 0 saturated carbocycles. The number of hydrogen-bond acceptors (Lipinski definition) is 4. The van der Waals surface area contributed by atoms with Gasteiger partial charge in [0.15, 0.2) is 0 Å². The smallest absolute Gasteiger partial charge is 0.233 e. The Balaban J connectivity index is 1.22. The van der Waals surface area contributed by atoms with Crippen LogP contribution in [-0.4, -0.2) is 46.5 Å². The first-order valence-corrected chi connectivity index (χ1v) is 10.1. The van der Waals surface area contributed by atoms with Gasteiger partial charge in [-0.1, -0.05) is 24.3 Å². The van der Waals surface area contributed by atoms with Gasteiger partial charge in [-0.3, -0.25) is 29.0 Å². The topological polar surface area (TPSA) is 74.8 Å². The number of allylic oxidation sites excluding steroid dienone is 4. The highest BCUT2D eigenvalue weighted by molar-refractivity contribution is 6.06. The number of fused-ring (bicyclic) bond motifs is 2. The zero-order valence-corrected chi connectivity index (χ0v) is 15.5. The molecule has 6 nitrogen and oxygen atoms in total. The van der Waals surface area contributed by atoms with Crippen LogP contribution in [0.25, 0.3) is 0 Å². The van der Waals surface area contributed by atoms with E-state index in [9.17, 15) is 19.2 Å². The van der Waals surface area contributed by atoms with E-state index in [1.807, 2.05) is 24.3 Å². The van der Waals surface area contributed by atoms with Gasteiger partial charge in [0, 0.05) is 13.1 Å². The van der Waals surface area contributed by atoms with Crippen molar-refractivity contribution in [2.75, 3.05) is 13.1 Å². The molecule has 0 spiro atoms. The quantitative estimate of drug-likeness (QED) is 0.407. The zero-order chi connectivity index (χ0) is 19.0. The Morgan fingerprint density at radius 3 is 1.15 bits per heavy atom. The molecule has 0 aromatic rings. The molecule has 2 aliphatic heterocycles. The molecule has 4 atom stereocenters. The van der Waals surface area contributed by atoms with Gasteiger partial charge in [0.1, 0.15) is 0 Å². The highest BCUT2D eigenvalue weighted by Gasteiger charge is 2.47. The van der Waals surface area contributed by atoms with E-state index in [2.05, 4.69) is 0 Å². The molecule has 4 amide bonds. The van der Waals surface area contributed by atoms with Crippen LogP contribution < -0.4 is 0 Å². The van der Waals surface area contributed by atoms with Crippen LogP contribution in [-0.2, 0) is 19.2 Å². The first-order valence-electron chi connectivity index (χ1n) is 10.1. The van der Waals surface area contributed by atoms with E-state index in [1.165, 1.54) is 9.80 Å². The van der Waals surface area contributed by atoms with Crippen molar-refractivity contribution < 1.29 is 19.2 Å². The van der Waals surface area contributed by atoms with Gasteiger partial charge >= 0.3 is 0 Å². The molecule has 2 saturated heterocycles. The van der Waals surface area contributed by atoms with E-state index < -0.39 is 0 Å². The number of hydrogen-bond donors (Lipinski definition) is 0. The molecule has 144 valence electrons. The van der Waals surface area contributed by atoms with Gasteiger partial charge in [0.2, 0.25) is 23.6 Å². The van der Waals surface area contributed by atoms with E-state index in [0.29, 0.717) is 38.8 Å². The molecule has 2 heterocycles. The molecule has 6 heteroatoms. The number of carbonyl (C=O) groups excluding carboxylic acids is 4. The van der Waals surface area contributed by atoms with Crippen LogP contribution >= 0.6 is 0 Å². The van der Waals surface area contributed by atoms with Crippen LogP contribution in [0.15, 0.2) is 24.3 Å². The van der Waals surface area contributed by atoms with Crippen molar-refractivity contribution in [2.45, 2.75) is 44.9 Å². The average Bonchev–Trinajstić information content (AvgIpc) is 3.08. The largest absolute Gasteiger partial charge is 0.282 e. The molecule has 2 fully saturated rings. The Hall–Kier alpha value is -2.24. The van der Waals surface area contributed by atoms with Crippen LogP contribution in [0.1, 0.15) is 44.9 Å². The van der Waals surface area contributed by atoms with Crippen LogP contribution in [0.2, 0.25) is 0 Å². The summed E-state index contributed by atoms with van der Waals surface area (Å²) in [6, 6.07) is 0. The normalized spacial score (nSPS) is 32.4. The molecule has 0 aromatic carbocycles. The molecule has 0 bridgehead atoms. The fraction of sp³-hybridized carbons (Fsp3) is 0.619. The summed E-state index contributed by atoms with van der Waals surface area (Å²) in [5, 5.41) is 0. The maximum atomic E-state index is 12.4. The summed E-state index contributed by atoms with van der Waals surface area (Å²) in [5.74, 6) is -0.796. The second-order valence-corrected chi connectivity index (χ2v) is 8.03. The summed E-state index contributed by atoms with van der Waals surface area (Å²) < 4.78 is 0. The maximum absolute atomic E-state index is 12.4. The Morgan fingerprint density at radius 1 is 0.556 bits per heavy atom. The van der Waals surface area contributed by atoms with Crippen LogP contribution in [0.3, 0.4) is 0 Å². The highest BCUT2D eigenvalue weighted by atomic mass is 16.2. The number of unbranched alkanes of at least 4 members (excludes halogenated alkanes) is 2. The first kappa shape index (κ1) is 18.1. The second kappa shape index (κ2) is 7.41. The summed E-state index contributed by atoms with van der Waals surface area (Å²) in [5.41, 5.74) is 0. The molecule has 4 rings (SSSR count). The second-order valence-electron chi connectivity index (χ2n) is 8.03. The molecule has 0 radical (unpaired) electrons. The van der Waals surface area contributed by atoms with Crippen molar-refractivity contribution in [3.8, 4) is 0 Å². The summed E-state index contributed by atoms with van der Waals surface area (Å²) >= 11 is 0. The van der Waals surface area contributed by atoms with Crippen LogP contribution in [0.5, 0.6) is 0 Å².